The number of nitrogens with zero attached hydrogens (tertiary/aromatic N) is 2. The highest BCUT2D eigenvalue weighted by Crippen LogP contribution is 2.32. The molecule has 2 N–H and O–H groups in total. The van der Waals surface area contributed by atoms with Crippen LogP contribution >= 0.6 is 0 Å². The van der Waals surface area contributed by atoms with Gasteiger partial charge in [-0.05, 0) is 50.5 Å². The van der Waals surface area contributed by atoms with Gasteiger partial charge in [-0.3, -0.25) is 14.4 Å². The van der Waals surface area contributed by atoms with Gasteiger partial charge in [0.25, 0.3) is 11.8 Å². The van der Waals surface area contributed by atoms with Crippen LogP contribution < -0.4 is 15.4 Å². The molecule has 3 heterocycles. The van der Waals surface area contributed by atoms with E-state index in [1.54, 1.807) is 37.1 Å². The zero-order chi connectivity index (χ0) is 27.5. The zero-order valence-electron chi connectivity index (χ0n) is 22.2. The van der Waals surface area contributed by atoms with Crippen LogP contribution in [0.1, 0.15) is 64.4 Å². The van der Waals surface area contributed by atoms with Crippen molar-refractivity contribution in [3.8, 4) is 5.75 Å². The van der Waals surface area contributed by atoms with Gasteiger partial charge in [-0.15, -0.1) is 0 Å². The smallest absolute Gasteiger partial charge is 0.277 e. The first-order valence-electron chi connectivity index (χ1n) is 13.1. The Morgan fingerprint density at radius 1 is 1.13 bits per heavy atom. The molecule has 39 heavy (non-hydrogen) atoms. The summed E-state index contributed by atoms with van der Waals surface area (Å²) >= 11 is 0. The van der Waals surface area contributed by atoms with Gasteiger partial charge in [0.15, 0.2) is 5.69 Å². The van der Waals surface area contributed by atoms with Crippen LogP contribution in [0.25, 0.3) is 0 Å². The van der Waals surface area contributed by atoms with Crippen LogP contribution in [-0.4, -0.2) is 59.7 Å². The summed E-state index contributed by atoms with van der Waals surface area (Å²) in [6, 6.07) is 16.0. The van der Waals surface area contributed by atoms with Gasteiger partial charge in [-0.2, -0.15) is 0 Å². The number of anilines is 1. The third-order valence-electron chi connectivity index (χ3n) is 7.22. The minimum Gasteiger partial charge on any atom is -0.490 e. The molecule has 5 rings (SSSR count). The number of likely N-dealkylation sites (N-methyl/N-ethyl adjacent to an activating group) is 1. The number of ether oxygens (including phenoxy) is 2. The van der Waals surface area contributed by atoms with E-state index in [0.29, 0.717) is 35.6 Å². The molecule has 1 fully saturated rings. The number of nitrogens with one attached hydrogen (secondary N) is 2. The molecule has 1 saturated heterocycles. The lowest BCUT2D eigenvalue weighted by atomic mass is 9.94. The number of carbonyl (C=O) groups is 3. The van der Waals surface area contributed by atoms with Gasteiger partial charge in [0.2, 0.25) is 5.91 Å². The molecule has 4 atom stereocenters. The third kappa shape index (κ3) is 5.96. The minimum atomic E-state index is -0.437. The van der Waals surface area contributed by atoms with Gasteiger partial charge in [0.1, 0.15) is 24.2 Å². The number of fused-ring (bicyclic) bond motifs is 2. The molecular formula is C29H32N4O6. The van der Waals surface area contributed by atoms with E-state index in [1.807, 2.05) is 37.3 Å². The first-order chi connectivity index (χ1) is 18.8. The lowest BCUT2D eigenvalue weighted by Crippen LogP contribution is -2.54. The largest absolute Gasteiger partial charge is 0.490 e. The average molecular weight is 533 g/mol. The molecule has 2 aliphatic heterocycles. The summed E-state index contributed by atoms with van der Waals surface area (Å²) in [6.45, 7) is 3.89. The predicted octanol–water partition coefficient (Wildman–Crippen LogP) is 3.88. The van der Waals surface area contributed by atoms with Crippen molar-refractivity contribution in [1.29, 1.82) is 0 Å². The number of benzene rings is 2. The number of carbonyl (C=O) groups excluding carboxylic acids is 3. The lowest BCUT2D eigenvalue weighted by molar-refractivity contribution is -0.134. The van der Waals surface area contributed by atoms with Crippen LogP contribution in [0.5, 0.6) is 5.75 Å². The summed E-state index contributed by atoms with van der Waals surface area (Å²) in [5.74, 6) is 0.183. The Morgan fingerprint density at radius 3 is 2.67 bits per heavy atom. The second-order valence-electron chi connectivity index (χ2n) is 10.1. The molecule has 0 spiro atoms. The summed E-state index contributed by atoms with van der Waals surface area (Å²) < 4.78 is 17.3. The second kappa shape index (κ2) is 11.3. The average Bonchev–Trinajstić information content (AvgIpc) is 3.38. The normalized spacial score (nSPS) is 21.5. The molecule has 1 aromatic heterocycles. The number of aromatic nitrogens is 1. The monoisotopic (exact) mass is 532 g/mol. The Balaban J connectivity index is 1.23. The van der Waals surface area contributed by atoms with Crippen LogP contribution in [-0.2, 0) is 9.53 Å². The van der Waals surface area contributed by atoms with E-state index in [1.165, 1.54) is 6.07 Å². The molecule has 3 amide bonds. The van der Waals surface area contributed by atoms with Crippen molar-refractivity contribution in [2.24, 2.45) is 0 Å². The van der Waals surface area contributed by atoms with Gasteiger partial charge in [0.05, 0.1) is 30.2 Å². The van der Waals surface area contributed by atoms with E-state index in [-0.39, 0.29) is 54.8 Å². The Morgan fingerprint density at radius 2 is 1.92 bits per heavy atom. The van der Waals surface area contributed by atoms with E-state index in [4.69, 9.17) is 14.0 Å². The minimum absolute atomic E-state index is 0.0771. The Labute approximate surface area is 226 Å². The first kappa shape index (κ1) is 26.4. The number of hydrogen-bond donors (Lipinski definition) is 2. The fourth-order valence-electron chi connectivity index (χ4n) is 5.11. The summed E-state index contributed by atoms with van der Waals surface area (Å²) in [7, 11) is 1.75. The highest BCUT2D eigenvalue weighted by molar-refractivity contribution is 6.04. The summed E-state index contributed by atoms with van der Waals surface area (Å²) in [5.41, 5.74) is 1.98. The van der Waals surface area contributed by atoms with Crippen molar-refractivity contribution in [1.82, 2.24) is 15.4 Å². The van der Waals surface area contributed by atoms with Crippen molar-refractivity contribution in [3.63, 3.8) is 0 Å². The van der Waals surface area contributed by atoms with Crippen LogP contribution in [0, 0.1) is 6.92 Å². The molecular weight excluding hydrogens is 500 g/mol. The Kier molecular flexibility index (Phi) is 7.65. The molecule has 0 bridgehead atoms. The number of amides is 3. The summed E-state index contributed by atoms with van der Waals surface area (Å²) in [6.07, 6.45) is 0.923. The van der Waals surface area contributed by atoms with E-state index in [9.17, 15) is 14.4 Å². The Hall–Kier alpha value is -4.18. The molecule has 2 aromatic carbocycles. The second-order valence-corrected chi connectivity index (χ2v) is 10.1. The molecule has 0 radical (unpaired) electrons. The van der Waals surface area contributed by atoms with Crippen LogP contribution in [0.15, 0.2) is 59.1 Å². The lowest BCUT2D eigenvalue weighted by Gasteiger charge is -2.42. The summed E-state index contributed by atoms with van der Waals surface area (Å²) in [5, 5.41) is 9.51. The highest BCUT2D eigenvalue weighted by atomic mass is 16.5. The van der Waals surface area contributed by atoms with Crippen molar-refractivity contribution in [3.05, 3.63) is 77.2 Å². The van der Waals surface area contributed by atoms with Crippen LogP contribution in [0.4, 0.5) is 5.69 Å². The van der Waals surface area contributed by atoms with Crippen molar-refractivity contribution in [2.75, 3.05) is 19.0 Å². The Bertz CT molecular complexity index is 1360. The third-order valence-corrected chi connectivity index (χ3v) is 7.22. The fraction of sp³-hybridized carbons (Fsp3) is 0.379. The van der Waals surface area contributed by atoms with E-state index in [2.05, 4.69) is 15.8 Å². The molecule has 0 aliphatic carbocycles. The van der Waals surface area contributed by atoms with Gasteiger partial charge in [-0.25, -0.2) is 0 Å². The highest BCUT2D eigenvalue weighted by Gasteiger charge is 2.39. The maximum atomic E-state index is 13.5. The van der Waals surface area contributed by atoms with Gasteiger partial charge in [-0.1, -0.05) is 35.5 Å². The summed E-state index contributed by atoms with van der Waals surface area (Å²) in [4.78, 5) is 40.3. The molecule has 0 unspecified atom stereocenters. The van der Waals surface area contributed by atoms with E-state index >= 15 is 0 Å². The van der Waals surface area contributed by atoms with Gasteiger partial charge >= 0.3 is 0 Å². The molecule has 10 heteroatoms. The molecule has 0 saturated carbocycles. The molecule has 204 valence electrons. The number of aryl methyl sites for hydroxylation is 1. The molecule has 3 aromatic rings. The first-order valence-corrected chi connectivity index (χ1v) is 13.1. The number of hydrogen-bond acceptors (Lipinski definition) is 7. The predicted molar refractivity (Wildman–Crippen MR) is 143 cm³/mol. The van der Waals surface area contributed by atoms with Crippen molar-refractivity contribution < 1.29 is 28.4 Å². The maximum absolute atomic E-state index is 13.5. The van der Waals surface area contributed by atoms with E-state index < -0.39 is 5.91 Å². The fourth-order valence-corrected chi connectivity index (χ4v) is 5.11. The van der Waals surface area contributed by atoms with E-state index in [0.717, 1.165) is 5.56 Å². The van der Waals surface area contributed by atoms with Crippen molar-refractivity contribution in [2.45, 2.75) is 57.4 Å². The van der Waals surface area contributed by atoms with Gasteiger partial charge in [0, 0.05) is 18.8 Å². The standard InChI is InChI=1S/C29H32N4O6/c1-17-13-23(32-39-17)28(35)31-20-9-12-25-22(14-20)29(36)33(3)24-11-10-21(38-26(24)16-37-25)15-27(34)30-18(2)19-7-5-4-6-8-19/h4-9,12-14,18,21,24,26H,10-11,15-16H2,1-3H3,(H,30,34)(H,31,35)/t18-,21+,24-,26+/m1/s1. The van der Waals surface area contributed by atoms with Gasteiger partial charge < -0.3 is 29.5 Å². The SMILES string of the molecule is Cc1cc(C(=O)Nc2ccc3c(c2)C(=O)N(C)[C@@H]2CC[C@@H](CC(=O)N[C@H](C)c4ccccc4)O[C@H]2CO3)no1. The molecule has 2 aliphatic rings. The zero-order valence-corrected chi connectivity index (χ0v) is 22.2. The quantitative estimate of drug-likeness (QED) is 0.494. The number of rotatable bonds is 6. The van der Waals surface area contributed by atoms with Crippen LogP contribution in [0.3, 0.4) is 0 Å². The molecule has 10 nitrogen and oxygen atoms in total. The maximum Gasteiger partial charge on any atom is 0.277 e. The van der Waals surface area contributed by atoms with Crippen molar-refractivity contribution >= 4 is 23.4 Å². The van der Waals surface area contributed by atoms with Crippen LogP contribution in [0.2, 0.25) is 0 Å². The topological polar surface area (TPSA) is 123 Å².